The molecule has 0 spiro atoms. The van der Waals surface area contributed by atoms with E-state index in [9.17, 15) is 9.59 Å². The zero-order chi connectivity index (χ0) is 13.7. The molecule has 0 saturated carbocycles. The molecule has 0 aromatic carbocycles. The highest BCUT2D eigenvalue weighted by Crippen LogP contribution is 2.10. The van der Waals surface area contributed by atoms with E-state index in [0.717, 1.165) is 25.9 Å². The molecular weight excluding hydrogens is 232 g/mol. The maximum Gasteiger partial charge on any atom is 0.318 e. The van der Waals surface area contributed by atoms with Crippen molar-refractivity contribution in [3.05, 3.63) is 0 Å². The summed E-state index contributed by atoms with van der Waals surface area (Å²) < 4.78 is 5.19. The molecule has 104 valence electrons. The first-order chi connectivity index (χ1) is 8.47. The van der Waals surface area contributed by atoms with Crippen LogP contribution in [0.15, 0.2) is 0 Å². The first-order valence-electron chi connectivity index (χ1n) is 6.59. The first-order valence-corrected chi connectivity index (χ1v) is 6.59. The molecule has 0 radical (unpaired) electrons. The van der Waals surface area contributed by atoms with Gasteiger partial charge in [0.05, 0.1) is 6.10 Å². The van der Waals surface area contributed by atoms with E-state index in [0.29, 0.717) is 0 Å². The van der Waals surface area contributed by atoms with Gasteiger partial charge in [-0.25, -0.2) is 4.79 Å². The van der Waals surface area contributed by atoms with Gasteiger partial charge in [-0.1, -0.05) is 13.8 Å². The Bertz CT molecular complexity index is 299. The third-order valence-corrected chi connectivity index (χ3v) is 3.39. The second kappa shape index (κ2) is 6.73. The summed E-state index contributed by atoms with van der Waals surface area (Å²) >= 11 is 0. The van der Waals surface area contributed by atoms with E-state index in [2.05, 4.69) is 5.32 Å². The Hall–Kier alpha value is -1.10. The van der Waals surface area contributed by atoms with Crippen LogP contribution < -0.4 is 5.32 Å². The van der Waals surface area contributed by atoms with Crippen LogP contribution in [0.3, 0.4) is 0 Å². The minimum Gasteiger partial charge on any atom is -0.379 e. The van der Waals surface area contributed by atoms with Gasteiger partial charge >= 0.3 is 6.03 Å². The number of rotatable bonds is 5. The fourth-order valence-electron chi connectivity index (χ4n) is 2.06. The molecule has 1 aliphatic rings. The standard InChI is InChI=1S/C13H24N2O3/c1-9(2)12(16)11(10(3)18-4)14-13(17)15-7-5-6-8-15/h9-11H,5-8H2,1-4H3,(H,14,17)/t10-,11?/m1/s1. The van der Waals surface area contributed by atoms with Crippen LogP contribution in [0.25, 0.3) is 0 Å². The Labute approximate surface area is 109 Å². The van der Waals surface area contributed by atoms with E-state index in [-0.39, 0.29) is 23.8 Å². The van der Waals surface area contributed by atoms with Gasteiger partial charge in [0.15, 0.2) is 5.78 Å². The van der Waals surface area contributed by atoms with Gasteiger partial charge in [-0.15, -0.1) is 0 Å². The van der Waals surface area contributed by atoms with Crippen molar-refractivity contribution in [3.63, 3.8) is 0 Å². The van der Waals surface area contributed by atoms with Gasteiger partial charge in [-0.3, -0.25) is 4.79 Å². The molecule has 18 heavy (non-hydrogen) atoms. The lowest BCUT2D eigenvalue weighted by molar-refractivity contribution is -0.126. The van der Waals surface area contributed by atoms with E-state index in [1.54, 1.807) is 18.9 Å². The van der Waals surface area contributed by atoms with Crippen LogP contribution >= 0.6 is 0 Å². The lowest BCUT2D eigenvalue weighted by Gasteiger charge is -2.27. The van der Waals surface area contributed by atoms with E-state index in [1.807, 2.05) is 13.8 Å². The summed E-state index contributed by atoms with van der Waals surface area (Å²) in [6.45, 7) is 7.01. The molecule has 1 fully saturated rings. The van der Waals surface area contributed by atoms with Crippen LogP contribution in [-0.2, 0) is 9.53 Å². The number of hydrogen-bond donors (Lipinski definition) is 1. The van der Waals surface area contributed by atoms with Crippen LogP contribution in [0.2, 0.25) is 0 Å². The predicted octanol–water partition coefficient (Wildman–Crippen LogP) is 1.42. The highest BCUT2D eigenvalue weighted by atomic mass is 16.5. The van der Waals surface area contributed by atoms with Crippen molar-refractivity contribution in [2.45, 2.75) is 45.8 Å². The minimum atomic E-state index is -0.567. The van der Waals surface area contributed by atoms with Gasteiger partial charge < -0.3 is 15.0 Å². The van der Waals surface area contributed by atoms with Crippen molar-refractivity contribution in [2.24, 2.45) is 5.92 Å². The van der Waals surface area contributed by atoms with Crippen molar-refractivity contribution >= 4 is 11.8 Å². The second-order valence-corrected chi connectivity index (χ2v) is 5.12. The summed E-state index contributed by atoms with van der Waals surface area (Å²) in [6, 6.07) is -0.724. The van der Waals surface area contributed by atoms with Crippen LogP contribution in [0, 0.1) is 5.92 Å². The number of likely N-dealkylation sites (tertiary alicyclic amines) is 1. The molecule has 1 N–H and O–H groups in total. The average molecular weight is 256 g/mol. The van der Waals surface area contributed by atoms with Crippen molar-refractivity contribution in [3.8, 4) is 0 Å². The number of nitrogens with zero attached hydrogens (tertiary/aromatic N) is 1. The Morgan fingerprint density at radius 2 is 1.72 bits per heavy atom. The zero-order valence-corrected chi connectivity index (χ0v) is 11.7. The summed E-state index contributed by atoms with van der Waals surface area (Å²) in [5.74, 6) is -0.108. The van der Waals surface area contributed by atoms with Crippen LogP contribution in [0.1, 0.15) is 33.6 Å². The van der Waals surface area contributed by atoms with E-state index in [4.69, 9.17) is 4.74 Å². The fourth-order valence-corrected chi connectivity index (χ4v) is 2.06. The average Bonchev–Trinajstić information content (AvgIpc) is 2.87. The van der Waals surface area contributed by atoms with Gasteiger partial charge in [0, 0.05) is 26.1 Å². The van der Waals surface area contributed by atoms with Gasteiger partial charge in [0.25, 0.3) is 0 Å². The maximum absolute atomic E-state index is 12.1. The van der Waals surface area contributed by atoms with Gasteiger partial charge in [0.2, 0.25) is 0 Å². The molecule has 0 aromatic heterocycles. The summed E-state index contributed by atoms with van der Waals surface area (Å²) in [6.07, 6.45) is 1.76. The van der Waals surface area contributed by atoms with Crippen molar-refractivity contribution in [1.82, 2.24) is 10.2 Å². The highest BCUT2D eigenvalue weighted by molar-refractivity contribution is 5.90. The molecule has 5 nitrogen and oxygen atoms in total. The summed E-state index contributed by atoms with van der Waals surface area (Å²) in [5.41, 5.74) is 0. The van der Waals surface area contributed by atoms with Crippen LogP contribution in [-0.4, -0.2) is 49.1 Å². The second-order valence-electron chi connectivity index (χ2n) is 5.12. The molecule has 1 unspecified atom stereocenters. The Balaban J connectivity index is 2.65. The molecule has 1 aliphatic heterocycles. The summed E-state index contributed by atoms with van der Waals surface area (Å²) in [5, 5.41) is 2.80. The van der Waals surface area contributed by atoms with E-state index < -0.39 is 6.04 Å². The van der Waals surface area contributed by atoms with Gasteiger partial charge in [-0.2, -0.15) is 0 Å². The van der Waals surface area contributed by atoms with Crippen molar-refractivity contribution < 1.29 is 14.3 Å². The Morgan fingerprint density at radius 1 is 1.17 bits per heavy atom. The first kappa shape index (κ1) is 15.0. The van der Waals surface area contributed by atoms with E-state index in [1.165, 1.54) is 0 Å². The third kappa shape index (κ3) is 3.70. The molecule has 1 saturated heterocycles. The Kier molecular flexibility index (Phi) is 5.59. The number of ether oxygens (including phenoxy) is 1. The molecule has 2 atom stereocenters. The number of nitrogens with one attached hydrogen (secondary N) is 1. The van der Waals surface area contributed by atoms with Crippen molar-refractivity contribution in [2.75, 3.05) is 20.2 Å². The van der Waals surface area contributed by atoms with Gasteiger partial charge in [0.1, 0.15) is 6.04 Å². The lowest BCUT2D eigenvalue weighted by Crippen LogP contribution is -2.53. The van der Waals surface area contributed by atoms with Crippen molar-refractivity contribution in [1.29, 1.82) is 0 Å². The van der Waals surface area contributed by atoms with Gasteiger partial charge in [-0.05, 0) is 19.8 Å². The molecule has 2 amide bonds. The normalized spacial score (nSPS) is 18.8. The van der Waals surface area contributed by atoms with E-state index >= 15 is 0 Å². The smallest absolute Gasteiger partial charge is 0.318 e. The fraction of sp³-hybridized carbons (Fsp3) is 0.846. The third-order valence-electron chi connectivity index (χ3n) is 3.39. The molecule has 1 rings (SSSR count). The monoisotopic (exact) mass is 256 g/mol. The largest absolute Gasteiger partial charge is 0.379 e. The number of Topliss-reactive ketones (excluding diaryl/α,β-unsaturated/α-hetero) is 1. The predicted molar refractivity (Wildman–Crippen MR) is 69.4 cm³/mol. The number of methoxy groups -OCH3 is 1. The number of urea groups is 1. The quantitative estimate of drug-likeness (QED) is 0.809. The molecular formula is C13H24N2O3. The highest BCUT2D eigenvalue weighted by Gasteiger charge is 2.30. The summed E-state index contributed by atoms with van der Waals surface area (Å²) in [4.78, 5) is 25.8. The number of carbonyl (C=O) groups is 2. The minimum absolute atomic E-state index is 0.0110. The maximum atomic E-state index is 12.1. The number of carbonyl (C=O) groups excluding carboxylic acids is 2. The number of ketones is 1. The van der Waals surface area contributed by atoms with Crippen LogP contribution in [0.4, 0.5) is 4.79 Å². The molecule has 0 aliphatic carbocycles. The number of hydrogen-bond acceptors (Lipinski definition) is 3. The molecule has 0 bridgehead atoms. The Morgan fingerprint density at radius 3 is 2.17 bits per heavy atom. The number of amides is 2. The molecule has 0 aromatic rings. The topological polar surface area (TPSA) is 58.6 Å². The molecule has 1 heterocycles. The molecule has 5 heteroatoms. The SMILES string of the molecule is CO[C@H](C)C(NC(=O)N1CCCC1)C(=O)C(C)C. The summed E-state index contributed by atoms with van der Waals surface area (Å²) in [7, 11) is 1.55. The van der Waals surface area contributed by atoms with Crippen LogP contribution in [0.5, 0.6) is 0 Å². The zero-order valence-electron chi connectivity index (χ0n) is 11.7. The lowest BCUT2D eigenvalue weighted by atomic mass is 9.98.